The largest absolute Gasteiger partial charge is 0.352 e. The molecule has 172 valence electrons. The Bertz CT molecular complexity index is 681. The molecule has 0 aliphatic carbocycles. The average Bonchev–Trinajstić information content (AvgIpc) is 2.74. The lowest BCUT2D eigenvalue weighted by atomic mass is 10.1. The second-order valence-electron chi connectivity index (χ2n) is 7.76. The number of amides is 1. The molecule has 0 fully saturated rings. The van der Waals surface area contributed by atoms with E-state index in [0.717, 1.165) is 32.0 Å². The minimum absolute atomic E-state index is 0.120. The van der Waals surface area contributed by atoms with Gasteiger partial charge in [0.15, 0.2) is 0 Å². The van der Waals surface area contributed by atoms with Gasteiger partial charge >= 0.3 is 0 Å². The van der Waals surface area contributed by atoms with Crippen molar-refractivity contribution >= 4 is 20.7 Å². The van der Waals surface area contributed by atoms with E-state index in [1.54, 1.807) is 24.3 Å². The fraction of sp³-hybridized carbons (Fsp3) is 0.609. The maximum absolute atomic E-state index is 12.1. The van der Waals surface area contributed by atoms with Crippen molar-refractivity contribution in [1.82, 2.24) is 9.99 Å². The molecule has 0 saturated carbocycles. The second-order valence-corrected chi connectivity index (χ2v) is 9.22. The molecule has 0 aliphatic rings. The van der Waals surface area contributed by atoms with Crippen molar-refractivity contribution in [3.63, 3.8) is 0 Å². The van der Waals surface area contributed by atoms with Crippen LogP contribution in [0.1, 0.15) is 74.1 Å². The highest BCUT2D eigenvalue weighted by Gasteiger charge is 2.27. The Balaban J connectivity index is 2.26. The number of hydrogen-bond donors (Lipinski definition) is 1. The molecule has 1 aromatic rings. The van der Waals surface area contributed by atoms with Crippen LogP contribution < -0.4 is 5.32 Å². The zero-order valence-electron chi connectivity index (χ0n) is 19.2. The molecule has 0 spiro atoms. The van der Waals surface area contributed by atoms with Crippen molar-refractivity contribution in [2.24, 2.45) is 0 Å². The third kappa shape index (κ3) is 10.8. The predicted molar refractivity (Wildman–Crippen MR) is 125 cm³/mol. The molecule has 0 aliphatic heterocycles. The average molecular weight is 450 g/mol. The molecular formula is C23H36N3O4P. The first-order valence-electron chi connectivity index (χ1n) is 10.9. The maximum atomic E-state index is 12.1. The molecule has 1 aromatic carbocycles. The number of benzene rings is 1. The van der Waals surface area contributed by atoms with Gasteiger partial charge in [0.25, 0.3) is 14.4 Å². The Hall–Kier alpha value is -1.84. The fourth-order valence-corrected chi connectivity index (χ4v) is 4.67. The summed E-state index contributed by atoms with van der Waals surface area (Å²) in [6, 6.07) is 7.21. The van der Waals surface area contributed by atoms with Gasteiger partial charge in [0.05, 0.1) is 6.61 Å². The molecule has 31 heavy (non-hydrogen) atoms. The third-order valence-electron chi connectivity index (χ3n) is 4.52. The number of aldehydes is 1. The van der Waals surface area contributed by atoms with Gasteiger partial charge in [-0.1, -0.05) is 25.0 Å². The smallest absolute Gasteiger partial charge is 0.259 e. The van der Waals surface area contributed by atoms with Crippen LogP contribution in [0.25, 0.3) is 4.85 Å². The van der Waals surface area contributed by atoms with E-state index in [1.165, 1.54) is 0 Å². The van der Waals surface area contributed by atoms with Crippen molar-refractivity contribution in [2.45, 2.75) is 65.5 Å². The van der Waals surface area contributed by atoms with Gasteiger partial charge in [-0.3, -0.25) is 9.59 Å². The zero-order valence-corrected chi connectivity index (χ0v) is 20.1. The molecule has 0 saturated heterocycles. The van der Waals surface area contributed by atoms with Crippen LogP contribution in [0.2, 0.25) is 0 Å². The number of hydrogen-bond acceptors (Lipinski definition) is 5. The Morgan fingerprint density at radius 3 is 2.26 bits per heavy atom. The quantitative estimate of drug-likeness (QED) is 0.165. The normalized spacial score (nSPS) is 12.2. The topological polar surface area (TPSA) is 72.2 Å². The van der Waals surface area contributed by atoms with Gasteiger partial charge in [-0.15, -0.1) is 0 Å². The van der Waals surface area contributed by atoms with Gasteiger partial charge in [0.2, 0.25) is 6.54 Å². The van der Waals surface area contributed by atoms with Gasteiger partial charge in [0, 0.05) is 29.8 Å². The molecule has 1 unspecified atom stereocenters. The molecular weight excluding hydrogens is 413 g/mol. The van der Waals surface area contributed by atoms with Gasteiger partial charge < -0.3 is 19.2 Å². The Labute approximate surface area is 188 Å². The van der Waals surface area contributed by atoms with Crippen LogP contribution in [-0.2, 0) is 9.05 Å². The summed E-state index contributed by atoms with van der Waals surface area (Å²) in [5, 5.41) is 2.91. The summed E-state index contributed by atoms with van der Waals surface area (Å²) in [6.07, 6.45) is 4.60. The SMILES string of the molecule is [C-]#[N+]CCOP(OCCCCCCNC(=O)c1ccc(C=O)cc1)N(C(C)C)C(C)C. The van der Waals surface area contributed by atoms with E-state index in [2.05, 4.69) is 42.5 Å². The number of carbonyl (C=O) groups excluding carboxylic acids is 2. The number of nitrogens with one attached hydrogen (secondary N) is 1. The summed E-state index contributed by atoms with van der Waals surface area (Å²) in [6.45, 7) is 17.4. The molecule has 1 N–H and O–H groups in total. The maximum Gasteiger partial charge on any atom is 0.259 e. The Kier molecular flexibility index (Phi) is 13.9. The van der Waals surface area contributed by atoms with E-state index >= 15 is 0 Å². The van der Waals surface area contributed by atoms with E-state index in [9.17, 15) is 9.59 Å². The van der Waals surface area contributed by atoms with E-state index in [-0.39, 0.29) is 5.91 Å². The first kappa shape index (κ1) is 27.2. The Morgan fingerprint density at radius 2 is 1.68 bits per heavy atom. The van der Waals surface area contributed by atoms with Crippen LogP contribution in [0.3, 0.4) is 0 Å². The first-order chi connectivity index (χ1) is 14.9. The van der Waals surface area contributed by atoms with E-state index in [0.29, 0.717) is 49.5 Å². The van der Waals surface area contributed by atoms with Crippen molar-refractivity contribution in [1.29, 1.82) is 0 Å². The Morgan fingerprint density at radius 1 is 1.06 bits per heavy atom. The summed E-state index contributed by atoms with van der Waals surface area (Å²) in [4.78, 5) is 26.1. The van der Waals surface area contributed by atoms with Crippen molar-refractivity contribution in [3.8, 4) is 0 Å². The third-order valence-corrected chi connectivity index (χ3v) is 6.63. The molecule has 0 heterocycles. The van der Waals surface area contributed by atoms with Crippen molar-refractivity contribution in [2.75, 3.05) is 26.3 Å². The van der Waals surface area contributed by atoms with Crippen molar-refractivity contribution in [3.05, 3.63) is 46.8 Å². The lowest BCUT2D eigenvalue weighted by Gasteiger charge is -2.35. The molecule has 1 amide bonds. The van der Waals surface area contributed by atoms with E-state index in [1.807, 2.05) is 0 Å². The number of carbonyl (C=O) groups is 2. The van der Waals surface area contributed by atoms with Crippen LogP contribution in [0.15, 0.2) is 24.3 Å². The molecule has 0 aromatic heterocycles. The lowest BCUT2D eigenvalue weighted by molar-refractivity contribution is 0.0952. The van der Waals surface area contributed by atoms with Crippen LogP contribution in [0.5, 0.6) is 0 Å². The monoisotopic (exact) mass is 449 g/mol. The van der Waals surface area contributed by atoms with Gasteiger partial charge in [-0.25, -0.2) is 11.2 Å². The van der Waals surface area contributed by atoms with E-state index < -0.39 is 8.53 Å². The summed E-state index contributed by atoms with van der Waals surface area (Å²) in [5.74, 6) is -0.120. The van der Waals surface area contributed by atoms with Crippen LogP contribution in [0, 0.1) is 6.57 Å². The molecule has 1 atom stereocenters. The number of unbranched alkanes of at least 4 members (excludes halogenated alkanes) is 3. The molecule has 8 heteroatoms. The highest BCUT2D eigenvalue weighted by atomic mass is 31.2. The first-order valence-corrected chi connectivity index (χ1v) is 12.0. The molecule has 7 nitrogen and oxygen atoms in total. The number of rotatable bonds is 16. The summed E-state index contributed by atoms with van der Waals surface area (Å²) >= 11 is 0. The van der Waals surface area contributed by atoms with Crippen LogP contribution >= 0.6 is 8.53 Å². The van der Waals surface area contributed by atoms with Crippen LogP contribution in [0.4, 0.5) is 0 Å². The zero-order chi connectivity index (χ0) is 23.1. The van der Waals surface area contributed by atoms with Crippen LogP contribution in [-0.4, -0.2) is 55.3 Å². The number of nitrogens with zero attached hydrogens (tertiary/aromatic N) is 2. The predicted octanol–water partition coefficient (Wildman–Crippen LogP) is 5.09. The van der Waals surface area contributed by atoms with Gasteiger partial charge in [-0.2, -0.15) is 0 Å². The minimum Gasteiger partial charge on any atom is -0.352 e. The summed E-state index contributed by atoms with van der Waals surface area (Å²) < 4.78 is 14.2. The molecule has 1 rings (SSSR count). The van der Waals surface area contributed by atoms with Gasteiger partial charge in [0.1, 0.15) is 12.9 Å². The van der Waals surface area contributed by atoms with Crippen molar-refractivity contribution < 1.29 is 18.6 Å². The van der Waals surface area contributed by atoms with Gasteiger partial charge in [-0.05, 0) is 52.7 Å². The van der Waals surface area contributed by atoms with E-state index in [4.69, 9.17) is 15.6 Å². The highest BCUT2D eigenvalue weighted by Crippen LogP contribution is 2.45. The molecule has 0 radical (unpaired) electrons. The molecule has 0 bridgehead atoms. The minimum atomic E-state index is -1.17. The lowest BCUT2D eigenvalue weighted by Crippen LogP contribution is -2.33. The summed E-state index contributed by atoms with van der Waals surface area (Å²) in [5.41, 5.74) is 1.12. The fourth-order valence-electron chi connectivity index (χ4n) is 3.05. The standard InChI is InChI=1S/C23H36N3O4P/c1-19(2)26(20(3)4)31(30-17-15-24-5)29-16-9-7-6-8-14-25-23(28)22-12-10-21(18-27)11-13-22/h10-13,18-20H,6-9,14-17H2,1-4H3,(H,25,28). The highest BCUT2D eigenvalue weighted by molar-refractivity contribution is 7.44. The second kappa shape index (κ2) is 15.9. The summed E-state index contributed by atoms with van der Waals surface area (Å²) in [7, 11) is -1.17.